The fraction of sp³-hybridized carbons (Fsp3) is 0.429. The number of piperidine rings is 1. The number of aryl methyl sites for hydroxylation is 1. The van der Waals surface area contributed by atoms with Crippen molar-refractivity contribution in [3.8, 4) is 0 Å². The standard InChI is InChI=1S/C14H19N3O2/c1-10-4-2-3-5-12(10)16-13(18)9-17-8-11(15)6-7-14(17)19/h2-5,11H,6-9,15H2,1H3,(H,16,18). The molecule has 19 heavy (non-hydrogen) atoms. The molecule has 1 aromatic rings. The molecule has 0 bridgehead atoms. The zero-order valence-corrected chi connectivity index (χ0v) is 11.1. The normalized spacial score (nSPS) is 19.4. The van der Waals surface area contributed by atoms with E-state index < -0.39 is 0 Å². The summed E-state index contributed by atoms with van der Waals surface area (Å²) < 4.78 is 0. The Kier molecular flexibility index (Phi) is 4.16. The first-order valence-corrected chi connectivity index (χ1v) is 6.45. The van der Waals surface area contributed by atoms with Crippen molar-refractivity contribution in [3.63, 3.8) is 0 Å². The number of benzene rings is 1. The molecule has 0 radical (unpaired) electrons. The summed E-state index contributed by atoms with van der Waals surface area (Å²) in [6, 6.07) is 7.53. The molecule has 1 saturated heterocycles. The lowest BCUT2D eigenvalue weighted by Gasteiger charge is -2.30. The molecule has 5 nitrogen and oxygen atoms in total. The Labute approximate surface area is 112 Å². The molecule has 102 valence electrons. The monoisotopic (exact) mass is 261 g/mol. The number of nitrogens with zero attached hydrogens (tertiary/aromatic N) is 1. The Balaban J connectivity index is 1.94. The maximum absolute atomic E-state index is 11.9. The van der Waals surface area contributed by atoms with E-state index in [1.165, 1.54) is 4.90 Å². The van der Waals surface area contributed by atoms with Gasteiger partial charge in [0.05, 0.1) is 6.54 Å². The van der Waals surface area contributed by atoms with Crippen molar-refractivity contribution in [1.82, 2.24) is 4.90 Å². The number of amides is 2. The molecule has 0 aromatic heterocycles. The number of carbonyl (C=O) groups is 2. The van der Waals surface area contributed by atoms with Crippen molar-refractivity contribution >= 4 is 17.5 Å². The summed E-state index contributed by atoms with van der Waals surface area (Å²) >= 11 is 0. The van der Waals surface area contributed by atoms with E-state index in [-0.39, 0.29) is 24.4 Å². The van der Waals surface area contributed by atoms with Crippen LogP contribution in [0.25, 0.3) is 0 Å². The van der Waals surface area contributed by atoms with Gasteiger partial charge in [-0.25, -0.2) is 0 Å². The van der Waals surface area contributed by atoms with Gasteiger partial charge in [0.1, 0.15) is 0 Å². The highest BCUT2D eigenvalue weighted by molar-refractivity contribution is 5.95. The van der Waals surface area contributed by atoms with E-state index in [9.17, 15) is 9.59 Å². The number of anilines is 1. The summed E-state index contributed by atoms with van der Waals surface area (Å²) in [6.45, 7) is 2.46. The third-order valence-electron chi connectivity index (χ3n) is 3.29. The van der Waals surface area contributed by atoms with E-state index >= 15 is 0 Å². The average Bonchev–Trinajstić information content (AvgIpc) is 2.37. The first-order chi connectivity index (χ1) is 9.06. The van der Waals surface area contributed by atoms with Crippen molar-refractivity contribution in [2.45, 2.75) is 25.8 Å². The molecular formula is C14H19N3O2. The van der Waals surface area contributed by atoms with E-state index in [1.54, 1.807) is 0 Å². The quantitative estimate of drug-likeness (QED) is 0.848. The Morgan fingerprint density at radius 3 is 2.95 bits per heavy atom. The van der Waals surface area contributed by atoms with Crippen LogP contribution in [0.3, 0.4) is 0 Å². The van der Waals surface area contributed by atoms with Crippen LogP contribution in [-0.2, 0) is 9.59 Å². The van der Waals surface area contributed by atoms with Gasteiger partial charge in [0.15, 0.2) is 0 Å². The maximum atomic E-state index is 11.9. The van der Waals surface area contributed by atoms with Crippen molar-refractivity contribution < 1.29 is 9.59 Å². The highest BCUT2D eigenvalue weighted by atomic mass is 16.2. The van der Waals surface area contributed by atoms with Crippen molar-refractivity contribution in [2.75, 3.05) is 18.4 Å². The Bertz CT molecular complexity index is 487. The van der Waals surface area contributed by atoms with Crippen LogP contribution in [-0.4, -0.2) is 35.8 Å². The second kappa shape index (κ2) is 5.84. The number of hydrogen-bond acceptors (Lipinski definition) is 3. The van der Waals surface area contributed by atoms with Crippen LogP contribution in [0.5, 0.6) is 0 Å². The van der Waals surface area contributed by atoms with Gasteiger partial charge in [0, 0.05) is 24.7 Å². The van der Waals surface area contributed by atoms with Crippen LogP contribution in [0, 0.1) is 6.92 Å². The van der Waals surface area contributed by atoms with Crippen molar-refractivity contribution in [3.05, 3.63) is 29.8 Å². The van der Waals surface area contributed by atoms with Gasteiger partial charge in [-0.2, -0.15) is 0 Å². The summed E-state index contributed by atoms with van der Waals surface area (Å²) in [7, 11) is 0. The van der Waals surface area contributed by atoms with Crippen LogP contribution in [0.4, 0.5) is 5.69 Å². The SMILES string of the molecule is Cc1ccccc1NC(=O)CN1CC(N)CCC1=O. The number of nitrogens with two attached hydrogens (primary N) is 1. The number of rotatable bonds is 3. The maximum Gasteiger partial charge on any atom is 0.244 e. The molecule has 1 aromatic carbocycles. The molecule has 0 aliphatic carbocycles. The van der Waals surface area contributed by atoms with Crippen LogP contribution in [0.1, 0.15) is 18.4 Å². The molecule has 1 atom stereocenters. The molecule has 2 amide bonds. The third kappa shape index (κ3) is 3.54. The van der Waals surface area contributed by atoms with Crippen LogP contribution in [0.15, 0.2) is 24.3 Å². The first-order valence-electron chi connectivity index (χ1n) is 6.45. The largest absolute Gasteiger partial charge is 0.332 e. The van der Waals surface area contributed by atoms with Gasteiger partial charge in [-0.15, -0.1) is 0 Å². The number of likely N-dealkylation sites (tertiary alicyclic amines) is 1. The molecule has 1 unspecified atom stereocenters. The average molecular weight is 261 g/mol. The number of para-hydroxylation sites is 1. The molecule has 0 spiro atoms. The zero-order valence-electron chi connectivity index (χ0n) is 11.1. The Morgan fingerprint density at radius 2 is 2.21 bits per heavy atom. The highest BCUT2D eigenvalue weighted by Gasteiger charge is 2.24. The molecule has 2 rings (SSSR count). The van der Waals surface area contributed by atoms with E-state index in [4.69, 9.17) is 5.73 Å². The molecule has 5 heteroatoms. The molecule has 3 N–H and O–H groups in total. The molecular weight excluding hydrogens is 242 g/mol. The lowest BCUT2D eigenvalue weighted by Crippen LogP contribution is -2.48. The van der Waals surface area contributed by atoms with E-state index in [0.717, 1.165) is 11.3 Å². The van der Waals surface area contributed by atoms with Gasteiger partial charge in [0.2, 0.25) is 11.8 Å². The van der Waals surface area contributed by atoms with Crippen LogP contribution in [0.2, 0.25) is 0 Å². The van der Waals surface area contributed by atoms with Crippen LogP contribution >= 0.6 is 0 Å². The third-order valence-corrected chi connectivity index (χ3v) is 3.29. The fourth-order valence-corrected chi connectivity index (χ4v) is 2.17. The zero-order chi connectivity index (χ0) is 13.8. The second-order valence-electron chi connectivity index (χ2n) is 4.94. The number of nitrogens with one attached hydrogen (secondary N) is 1. The van der Waals surface area contributed by atoms with Crippen molar-refractivity contribution in [2.24, 2.45) is 5.73 Å². The molecule has 1 fully saturated rings. The Hall–Kier alpha value is -1.88. The summed E-state index contributed by atoms with van der Waals surface area (Å²) in [6.07, 6.45) is 1.13. The van der Waals surface area contributed by atoms with E-state index in [0.29, 0.717) is 19.4 Å². The minimum Gasteiger partial charge on any atom is -0.332 e. The number of carbonyl (C=O) groups excluding carboxylic acids is 2. The Morgan fingerprint density at radius 1 is 1.47 bits per heavy atom. The predicted molar refractivity (Wildman–Crippen MR) is 73.6 cm³/mol. The summed E-state index contributed by atoms with van der Waals surface area (Å²) in [5.74, 6) is -0.182. The number of hydrogen-bond donors (Lipinski definition) is 2. The molecule has 1 aliphatic heterocycles. The smallest absolute Gasteiger partial charge is 0.244 e. The van der Waals surface area contributed by atoms with Gasteiger partial charge in [-0.1, -0.05) is 18.2 Å². The van der Waals surface area contributed by atoms with Crippen LogP contribution < -0.4 is 11.1 Å². The lowest BCUT2D eigenvalue weighted by atomic mass is 10.1. The molecule has 1 heterocycles. The highest BCUT2D eigenvalue weighted by Crippen LogP contribution is 2.14. The lowest BCUT2D eigenvalue weighted by molar-refractivity contribution is -0.137. The molecule has 0 saturated carbocycles. The summed E-state index contributed by atoms with van der Waals surface area (Å²) in [5, 5.41) is 2.82. The van der Waals surface area contributed by atoms with E-state index in [1.807, 2.05) is 31.2 Å². The van der Waals surface area contributed by atoms with Gasteiger partial charge in [-0.05, 0) is 25.0 Å². The summed E-state index contributed by atoms with van der Waals surface area (Å²) in [5.41, 5.74) is 7.59. The fourth-order valence-electron chi connectivity index (χ4n) is 2.17. The van der Waals surface area contributed by atoms with Gasteiger partial charge in [0.25, 0.3) is 0 Å². The van der Waals surface area contributed by atoms with E-state index in [2.05, 4.69) is 5.32 Å². The minimum atomic E-state index is -0.184. The second-order valence-corrected chi connectivity index (χ2v) is 4.94. The predicted octanol–water partition coefficient (Wildman–Crippen LogP) is 0.883. The minimum absolute atomic E-state index is 0.00151. The summed E-state index contributed by atoms with van der Waals surface area (Å²) in [4.78, 5) is 25.2. The molecule has 1 aliphatic rings. The van der Waals surface area contributed by atoms with Gasteiger partial charge < -0.3 is 16.0 Å². The topological polar surface area (TPSA) is 75.4 Å². The van der Waals surface area contributed by atoms with Gasteiger partial charge in [-0.3, -0.25) is 9.59 Å². The van der Waals surface area contributed by atoms with Gasteiger partial charge >= 0.3 is 0 Å². The first kappa shape index (κ1) is 13.5. The van der Waals surface area contributed by atoms with Crippen molar-refractivity contribution in [1.29, 1.82) is 0 Å².